The lowest BCUT2D eigenvalue weighted by Gasteiger charge is -2.32. The average molecular weight is 705 g/mol. The van der Waals surface area contributed by atoms with Crippen LogP contribution in [0.3, 0.4) is 0 Å². The topological polar surface area (TPSA) is 120 Å². The van der Waals surface area contributed by atoms with E-state index in [4.69, 9.17) is 18.9 Å². The quantitative estimate of drug-likeness (QED) is 0.112. The molecule has 0 bridgehead atoms. The number of methoxy groups -OCH3 is 2. The molecule has 48 heavy (non-hydrogen) atoms. The standard InChI is InChI=1S/C36H52N2O8S2/c1-22(2)18-27(33(41)45-35(5,6)7)37-31(39)25-20-29(43-11)30(44-12)21-26(25)32(40)38(48-47-24-16-14-13-15-17-24)28(19-23(3)4)34(42)46-36(8,9)10/h13-17,20-23,27-28H,18-19H2,1-12H3,(H,37,39). The highest BCUT2D eigenvalue weighted by Gasteiger charge is 2.38. The molecule has 2 rings (SSSR count). The molecular weight excluding hydrogens is 653 g/mol. The van der Waals surface area contributed by atoms with Gasteiger partial charge in [-0.3, -0.25) is 13.9 Å². The highest BCUT2D eigenvalue weighted by molar-refractivity contribution is 8.76. The highest BCUT2D eigenvalue weighted by Crippen LogP contribution is 2.40. The molecule has 12 heteroatoms. The second-order valence-corrected chi connectivity index (χ2v) is 16.4. The number of hydrogen-bond donors (Lipinski definition) is 1. The number of esters is 2. The van der Waals surface area contributed by atoms with Crippen molar-refractivity contribution in [1.29, 1.82) is 0 Å². The van der Waals surface area contributed by atoms with Gasteiger partial charge in [-0.25, -0.2) is 9.59 Å². The minimum absolute atomic E-state index is 0.0129. The minimum atomic E-state index is -1.00. The van der Waals surface area contributed by atoms with Crippen LogP contribution in [-0.2, 0) is 19.1 Å². The third-order valence-electron chi connectivity index (χ3n) is 6.52. The van der Waals surface area contributed by atoms with Crippen molar-refractivity contribution in [1.82, 2.24) is 9.62 Å². The van der Waals surface area contributed by atoms with Crippen LogP contribution in [0.15, 0.2) is 47.4 Å². The number of nitrogens with one attached hydrogen (secondary N) is 1. The molecule has 10 nitrogen and oxygen atoms in total. The fraction of sp³-hybridized carbons (Fsp3) is 0.556. The largest absolute Gasteiger partial charge is 0.493 e. The number of amides is 2. The third kappa shape index (κ3) is 12.9. The molecule has 0 aliphatic carbocycles. The first-order chi connectivity index (χ1) is 22.3. The Labute approximate surface area is 293 Å². The lowest BCUT2D eigenvalue weighted by molar-refractivity contribution is -0.159. The molecule has 2 aromatic carbocycles. The molecule has 0 aromatic heterocycles. The van der Waals surface area contributed by atoms with Gasteiger partial charge in [0.2, 0.25) is 0 Å². The van der Waals surface area contributed by atoms with Gasteiger partial charge in [-0.2, -0.15) is 0 Å². The SMILES string of the molecule is COc1cc(C(=O)NC(CC(C)C)C(=O)OC(C)(C)C)c(C(=O)N(SSc2ccccc2)C(CC(C)C)C(=O)OC(C)(C)C)cc1OC. The van der Waals surface area contributed by atoms with E-state index in [0.29, 0.717) is 12.8 Å². The predicted octanol–water partition coefficient (Wildman–Crippen LogP) is 7.74. The number of carbonyl (C=O) groups is 4. The van der Waals surface area contributed by atoms with Crippen molar-refractivity contribution in [3.8, 4) is 11.5 Å². The van der Waals surface area contributed by atoms with E-state index < -0.39 is 47.0 Å². The Hall–Kier alpha value is -3.38. The first-order valence-electron chi connectivity index (χ1n) is 16.0. The van der Waals surface area contributed by atoms with Crippen LogP contribution < -0.4 is 14.8 Å². The van der Waals surface area contributed by atoms with Gasteiger partial charge in [0.1, 0.15) is 23.3 Å². The lowest BCUT2D eigenvalue weighted by atomic mass is 9.99. The maximum Gasteiger partial charge on any atom is 0.330 e. The molecule has 1 N–H and O–H groups in total. The summed E-state index contributed by atoms with van der Waals surface area (Å²) in [5, 5.41) is 2.80. The average Bonchev–Trinajstić information content (AvgIpc) is 2.97. The Kier molecular flexibility index (Phi) is 15.2. The van der Waals surface area contributed by atoms with E-state index >= 15 is 0 Å². The van der Waals surface area contributed by atoms with Gasteiger partial charge in [-0.1, -0.05) is 45.9 Å². The fourth-order valence-electron chi connectivity index (χ4n) is 4.55. The molecule has 2 atom stereocenters. The van der Waals surface area contributed by atoms with Crippen molar-refractivity contribution in [2.75, 3.05) is 14.2 Å². The summed E-state index contributed by atoms with van der Waals surface area (Å²) >= 11 is 0. The lowest BCUT2D eigenvalue weighted by Crippen LogP contribution is -2.46. The van der Waals surface area contributed by atoms with E-state index in [0.717, 1.165) is 15.9 Å². The number of hydrogen-bond acceptors (Lipinski definition) is 10. The van der Waals surface area contributed by atoms with Crippen LogP contribution in [0.1, 0.15) is 103 Å². The van der Waals surface area contributed by atoms with Crippen molar-refractivity contribution in [2.45, 2.75) is 110 Å². The third-order valence-corrected chi connectivity index (χ3v) is 8.92. The van der Waals surface area contributed by atoms with Gasteiger partial charge in [-0.05, 0) is 101 Å². The van der Waals surface area contributed by atoms with Gasteiger partial charge in [0.05, 0.1) is 25.3 Å². The molecule has 0 radical (unpaired) electrons. The summed E-state index contributed by atoms with van der Waals surface area (Å²) < 4.78 is 23.8. The Morgan fingerprint density at radius 2 is 1.25 bits per heavy atom. The summed E-state index contributed by atoms with van der Waals surface area (Å²) in [6, 6.07) is 10.3. The van der Waals surface area contributed by atoms with E-state index in [1.54, 1.807) is 41.5 Å². The number of rotatable bonds is 15. The maximum atomic E-state index is 14.8. The summed E-state index contributed by atoms with van der Waals surface area (Å²) in [7, 11) is 5.22. The number of ether oxygens (including phenoxy) is 4. The molecule has 0 aliphatic rings. The van der Waals surface area contributed by atoms with Crippen LogP contribution in [0.4, 0.5) is 0 Å². The number of carbonyl (C=O) groups excluding carboxylic acids is 4. The van der Waals surface area contributed by atoms with Gasteiger partial charge < -0.3 is 24.3 Å². The van der Waals surface area contributed by atoms with Crippen molar-refractivity contribution in [2.24, 2.45) is 11.8 Å². The maximum absolute atomic E-state index is 14.8. The minimum Gasteiger partial charge on any atom is -0.493 e. The van der Waals surface area contributed by atoms with Crippen molar-refractivity contribution in [3.05, 3.63) is 53.6 Å². The second kappa shape index (κ2) is 17.9. The molecule has 2 amide bonds. The highest BCUT2D eigenvalue weighted by atomic mass is 33.1. The van der Waals surface area contributed by atoms with Crippen LogP contribution in [0, 0.1) is 11.8 Å². The van der Waals surface area contributed by atoms with Crippen LogP contribution in [0.2, 0.25) is 0 Å². The normalized spacial score (nSPS) is 13.0. The zero-order chi connectivity index (χ0) is 36.4. The molecule has 0 heterocycles. The zero-order valence-corrected chi connectivity index (χ0v) is 31.9. The Morgan fingerprint density at radius 3 is 1.73 bits per heavy atom. The molecule has 0 spiro atoms. The van der Waals surface area contributed by atoms with E-state index in [9.17, 15) is 19.2 Å². The number of benzene rings is 2. The second-order valence-electron chi connectivity index (χ2n) is 14.2. The van der Waals surface area contributed by atoms with Gasteiger partial charge in [0.15, 0.2) is 11.5 Å². The molecule has 0 saturated carbocycles. The molecule has 2 aromatic rings. The molecular formula is C36H52N2O8S2. The smallest absolute Gasteiger partial charge is 0.330 e. The monoisotopic (exact) mass is 704 g/mol. The van der Waals surface area contributed by atoms with Gasteiger partial charge in [0.25, 0.3) is 11.8 Å². The van der Waals surface area contributed by atoms with Crippen LogP contribution in [-0.4, -0.2) is 65.6 Å². The summed E-state index contributed by atoms with van der Waals surface area (Å²) in [4.78, 5) is 56.6. The van der Waals surface area contributed by atoms with E-state index in [2.05, 4.69) is 5.32 Å². The van der Waals surface area contributed by atoms with Gasteiger partial charge in [-0.15, -0.1) is 0 Å². The first kappa shape index (κ1) is 40.8. The number of nitrogens with zero attached hydrogens (tertiary/aromatic N) is 1. The van der Waals surface area contributed by atoms with E-state index in [-0.39, 0.29) is 34.5 Å². The van der Waals surface area contributed by atoms with Gasteiger partial charge in [0, 0.05) is 15.9 Å². The fourth-order valence-corrected chi connectivity index (χ4v) is 6.77. The van der Waals surface area contributed by atoms with E-state index in [1.807, 2.05) is 58.0 Å². The van der Waals surface area contributed by atoms with E-state index in [1.165, 1.54) is 41.5 Å². The van der Waals surface area contributed by atoms with Crippen LogP contribution in [0.5, 0.6) is 11.5 Å². The Balaban J connectivity index is 2.73. The summed E-state index contributed by atoms with van der Waals surface area (Å²) in [5.74, 6) is -1.99. The summed E-state index contributed by atoms with van der Waals surface area (Å²) in [6.45, 7) is 18.3. The zero-order valence-electron chi connectivity index (χ0n) is 30.3. The molecule has 266 valence electrons. The van der Waals surface area contributed by atoms with Crippen molar-refractivity contribution >= 4 is 45.5 Å². The first-order valence-corrected chi connectivity index (χ1v) is 18.1. The predicted molar refractivity (Wildman–Crippen MR) is 191 cm³/mol. The molecule has 0 fully saturated rings. The van der Waals surface area contributed by atoms with Crippen molar-refractivity contribution in [3.63, 3.8) is 0 Å². The Morgan fingerprint density at radius 1 is 0.750 bits per heavy atom. The molecule has 0 aliphatic heterocycles. The van der Waals surface area contributed by atoms with Gasteiger partial charge >= 0.3 is 11.9 Å². The van der Waals surface area contributed by atoms with Crippen molar-refractivity contribution < 1.29 is 38.1 Å². The summed E-state index contributed by atoms with van der Waals surface area (Å²) in [5.41, 5.74) is -1.68. The van der Waals surface area contributed by atoms with Crippen LogP contribution in [0.25, 0.3) is 0 Å². The van der Waals surface area contributed by atoms with Crippen LogP contribution >= 0.6 is 21.8 Å². The molecule has 0 saturated heterocycles. The molecule has 2 unspecified atom stereocenters. The summed E-state index contributed by atoms with van der Waals surface area (Å²) in [6.07, 6.45) is 0.606. The Bertz CT molecular complexity index is 1400.